The van der Waals surface area contributed by atoms with Gasteiger partial charge in [-0.1, -0.05) is 0 Å². The topological polar surface area (TPSA) is 214 Å². The van der Waals surface area contributed by atoms with E-state index in [9.17, 15) is 24.0 Å². The third kappa shape index (κ3) is 11.9. The van der Waals surface area contributed by atoms with Gasteiger partial charge in [0.1, 0.15) is 18.6 Å². The molecule has 148 valence electrons. The Bertz CT molecular complexity index is 531. The fraction of sp³-hybridized carbons (Fsp3) is 0.615. The lowest BCUT2D eigenvalue weighted by atomic mass is 10.1. The Morgan fingerprint density at radius 1 is 1.08 bits per heavy atom. The first-order valence-electron chi connectivity index (χ1n) is 7.51. The molecule has 0 aliphatic rings. The minimum Gasteiger partial charge on any atom is -0.480 e. The Kier molecular flexibility index (Phi) is 11.5. The molecule has 0 unspecified atom stereocenters. The number of carboxylic acid groups (broad SMARTS) is 2. The molecule has 0 rings (SSSR count). The molecule has 0 fully saturated rings. The van der Waals surface area contributed by atoms with Gasteiger partial charge in [0.05, 0.1) is 0 Å². The molecular weight excluding hydrogens is 370 g/mol. The molecule has 0 heterocycles. The number of aliphatic carboxylic acids is 2. The van der Waals surface area contributed by atoms with Crippen LogP contribution < -0.4 is 27.4 Å². The maximum Gasteiger partial charge on any atom is 0.322 e. The zero-order valence-electron chi connectivity index (χ0n) is 13.9. The lowest BCUT2D eigenvalue weighted by molar-refractivity contribution is -0.139. The molecule has 9 N–H and O–H groups in total. The van der Waals surface area contributed by atoms with E-state index in [4.69, 9.17) is 21.7 Å². The number of carboxylic acids is 2. The summed E-state index contributed by atoms with van der Waals surface area (Å²) in [6.07, 6.45) is -0.315. The van der Waals surface area contributed by atoms with E-state index in [1.807, 2.05) is 0 Å². The quantitative estimate of drug-likeness (QED) is 0.161. The van der Waals surface area contributed by atoms with Crippen LogP contribution in [0.2, 0.25) is 0 Å². The van der Waals surface area contributed by atoms with Crippen LogP contribution in [-0.4, -0.2) is 76.7 Å². The Balaban J connectivity index is 4.52. The summed E-state index contributed by atoms with van der Waals surface area (Å²) in [6.45, 7) is -0.353. The summed E-state index contributed by atoms with van der Waals surface area (Å²) >= 11 is 1.23. The van der Waals surface area contributed by atoms with Gasteiger partial charge in [-0.2, -0.15) is 11.8 Å². The molecule has 0 saturated carbocycles. The summed E-state index contributed by atoms with van der Waals surface area (Å²) in [5.74, 6) is -3.25. The number of rotatable bonds is 13. The number of amides is 4. The second-order valence-corrected chi connectivity index (χ2v) is 6.23. The SMILES string of the molecule is NC(=O)NCCSC[C@H](NC(=O)CC[C@H](N)C(=O)O)C(=O)NCC(=O)O. The first-order valence-corrected chi connectivity index (χ1v) is 8.67. The van der Waals surface area contributed by atoms with Crippen LogP contribution in [-0.2, 0) is 19.2 Å². The van der Waals surface area contributed by atoms with Gasteiger partial charge in [-0.25, -0.2) is 4.79 Å². The normalized spacial score (nSPS) is 12.5. The summed E-state index contributed by atoms with van der Waals surface area (Å²) in [7, 11) is 0. The zero-order chi connectivity index (χ0) is 20.1. The molecule has 0 saturated heterocycles. The van der Waals surface area contributed by atoms with Gasteiger partial charge in [-0.05, 0) is 6.42 Å². The summed E-state index contributed by atoms with van der Waals surface area (Å²) in [4.78, 5) is 55.5. The van der Waals surface area contributed by atoms with Crippen molar-refractivity contribution in [2.45, 2.75) is 24.9 Å². The molecule has 0 aliphatic heterocycles. The molecule has 4 amide bonds. The smallest absolute Gasteiger partial charge is 0.322 e. The number of urea groups is 1. The van der Waals surface area contributed by atoms with Crippen molar-refractivity contribution in [2.75, 3.05) is 24.6 Å². The summed E-state index contributed by atoms with van der Waals surface area (Å²) in [5.41, 5.74) is 10.2. The van der Waals surface area contributed by atoms with Crippen molar-refractivity contribution in [3.63, 3.8) is 0 Å². The van der Waals surface area contributed by atoms with Gasteiger partial charge in [-0.3, -0.25) is 19.2 Å². The summed E-state index contributed by atoms with van der Waals surface area (Å²) in [6, 6.07) is -2.92. The van der Waals surface area contributed by atoms with Crippen molar-refractivity contribution in [1.29, 1.82) is 0 Å². The second kappa shape index (κ2) is 12.8. The van der Waals surface area contributed by atoms with Crippen molar-refractivity contribution in [3.05, 3.63) is 0 Å². The first kappa shape index (κ1) is 23.5. The molecule has 0 aliphatic carbocycles. The molecule has 0 spiro atoms. The maximum atomic E-state index is 12.0. The Morgan fingerprint density at radius 3 is 2.27 bits per heavy atom. The Hall–Kier alpha value is -2.54. The number of nitrogens with two attached hydrogens (primary N) is 2. The van der Waals surface area contributed by atoms with Crippen molar-refractivity contribution in [3.8, 4) is 0 Å². The monoisotopic (exact) mass is 393 g/mol. The average Bonchev–Trinajstić information content (AvgIpc) is 2.55. The van der Waals surface area contributed by atoms with Crippen molar-refractivity contribution in [1.82, 2.24) is 16.0 Å². The van der Waals surface area contributed by atoms with E-state index in [2.05, 4.69) is 16.0 Å². The van der Waals surface area contributed by atoms with Gasteiger partial charge in [0, 0.05) is 24.5 Å². The van der Waals surface area contributed by atoms with Crippen LogP contribution in [0, 0.1) is 0 Å². The number of nitrogens with one attached hydrogen (secondary N) is 3. The highest BCUT2D eigenvalue weighted by Gasteiger charge is 2.22. The van der Waals surface area contributed by atoms with Gasteiger partial charge in [0.25, 0.3) is 0 Å². The molecule has 0 aromatic rings. The lowest BCUT2D eigenvalue weighted by Crippen LogP contribution is -2.49. The number of primary amides is 1. The molecule has 0 bridgehead atoms. The molecular formula is C13H23N5O7S. The van der Waals surface area contributed by atoms with Gasteiger partial charge in [0.2, 0.25) is 11.8 Å². The molecule has 0 aromatic heterocycles. The minimum atomic E-state index is -1.24. The standard InChI is InChI=1S/C13H23N5O7S/c14-7(12(23)24)1-2-9(19)18-8(11(22)17-5-10(20)21)6-26-4-3-16-13(15)25/h7-8H,1-6,14H2,(H,17,22)(H,18,19)(H,20,21)(H,23,24)(H3,15,16,25)/t7-,8-/m0/s1. The van der Waals surface area contributed by atoms with Crippen LogP contribution in [0.25, 0.3) is 0 Å². The highest BCUT2D eigenvalue weighted by Crippen LogP contribution is 2.04. The van der Waals surface area contributed by atoms with Crippen LogP contribution in [0.1, 0.15) is 12.8 Å². The molecule has 0 aromatic carbocycles. The van der Waals surface area contributed by atoms with Gasteiger partial charge >= 0.3 is 18.0 Å². The third-order valence-corrected chi connectivity index (χ3v) is 3.96. The summed E-state index contributed by atoms with van der Waals surface area (Å²) < 4.78 is 0. The van der Waals surface area contributed by atoms with Gasteiger partial charge < -0.3 is 37.6 Å². The van der Waals surface area contributed by atoms with E-state index in [1.165, 1.54) is 11.8 Å². The van der Waals surface area contributed by atoms with E-state index in [0.717, 1.165) is 0 Å². The van der Waals surface area contributed by atoms with Crippen molar-refractivity contribution in [2.24, 2.45) is 11.5 Å². The van der Waals surface area contributed by atoms with Crippen LogP contribution >= 0.6 is 11.8 Å². The number of carbonyl (C=O) groups is 5. The van der Waals surface area contributed by atoms with E-state index in [-0.39, 0.29) is 25.1 Å². The van der Waals surface area contributed by atoms with Crippen LogP contribution in [0.4, 0.5) is 4.79 Å². The van der Waals surface area contributed by atoms with Crippen LogP contribution in [0.5, 0.6) is 0 Å². The zero-order valence-corrected chi connectivity index (χ0v) is 14.7. The first-order chi connectivity index (χ1) is 12.1. The Morgan fingerprint density at radius 2 is 1.73 bits per heavy atom. The number of carbonyl (C=O) groups excluding carboxylic acids is 3. The van der Waals surface area contributed by atoms with Crippen molar-refractivity contribution < 1.29 is 34.2 Å². The number of thioether (sulfide) groups is 1. The molecule has 0 radical (unpaired) electrons. The van der Waals surface area contributed by atoms with Crippen LogP contribution in [0.15, 0.2) is 0 Å². The second-order valence-electron chi connectivity index (χ2n) is 5.08. The summed E-state index contributed by atoms with van der Waals surface area (Å²) in [5, 5.41) is 24.2. The predicted molar refractivity (Wildman–Crippen MR) is 92.3 cm³/mol. The van der Waals surface area contributed by atoms with E-state index in [0.29, 0.717) is 5.75 Å². The fourth-order valence-corrected chi connectivity index (χ4v) is 2.48. The number of hydrogen-bond acceptors (Lipinski definition) is 7. The van der Waals surface area contributed by atoms with E-state index in [1.54, 1.807) is 0 Å². The fourth-order valence-electron chi connectivity index (χ4n) is 1.59. The third-order valence-electron chi connectivity index (χ3n) is 2.90. The van der Waals surface area contributed by atoms with Crippen molar-refractivity contribution >= 4 is 41.5 Å². The molecule has 13 heteroatoms. The van der Waals surface area contributed by atoms with E-state index >= 15 is 0 Å². The number of hydrogen-bond donors (Lipinski definition) is 7. The highest BCUT2D eigenvalue weighted by molar-refractivity contribution is 7.99. The maximum absolute atomic E-state index is 12.0. The molecule has 2 atom stereocenters. The molecule has 12 nitrogen and oxygen atoms in total. The average molecular weight is 393 g/mol. The van der Waals surface area contributed by atoms with Gasteiger partial charge in [-0.15, -0.1) is 0 Å². The predicted octanol–water partition coefficient (Wildman–Crippen LogP) is -2.73. The largest absolute Gasteiger partial charge is 0.480 e. The van der Waals surface area contributed by atoms with Gasteiger partial charge in [0.15, 0.2) is 0 Å². The van der Waals surface area contributed by atoms with E-state index < -0.39 is 48.4 Å². The molecule has 26 heavy (non-hydrogen) atoms. The Labute approximate surface area is 153 Å². The lowest BCUT2D eigenvalue weighted by Gasteiger charge is -2.18. The van der Waals surface area contributed by atoms with Crippen LogP contribution in [0.3, 0.4) is 0 Å². The highest BCUT2D eigenvalue weighted by atomic mass is 32.2. The minimum absolute atomic E-state index is 0.111.